The number of rotatable bonds is 4. The zero-order valence-corrected chi connectivity index (χ0v) is 13.7. The van der Waals surface area contributed by atoms with Gasteiger partial charge in [-0.3, -0.25) is 4.79 Å². The molecule has 0 radical (unpaired) electrons. The van der Waals surface area contributed by atoms with Gasteiger partial charge in [-0.1, -0.05) is 12.1 Å². The zero-order valence-electron chi connectivity index (χ0n) is 12.9. The molecule has 0 aliphatic carbocycles. The van der Waals surface area contributed by atoms with Crippen molar-refractivity contribution in [2.75, 3.05) is 26.3 Å². The summed E-state index contributed by atoms with van der Waals surface area (Å²) in [5.74, 6) is -0.366. The average Bonchev–Trinajstić information content (AvgIpc) is 2.59. The van der Waals surface area contributed by atoms with Crippen molar-refractivity contribution < 1.29 is 17.5 Å². The molecule has 2 aromatic rings. The van der Waals surface area contributed by atoms with E-state index in [1.165, 1.54) is 39.3 Å². The van der Waals surface area contributed by atoms with Gasteiger partial charge in [0.15, 0.2) is 0 Å². The lowest BCUT2D eigenvalue weighted by molar-refractivity contribution is 0.0730. The van der Waals surface area contributed by atoms with Crippen molar-refractivity contribution in [3.8, 4) is 0 Å². The van der Waals surface area contributed by atoms with Crippen molar-refractivity contribution in [3.63, 3.8) is 0 Å². The Bertz CT molecular complexity index is 872. The van der Waals surface area contributed by atoms with Gasteiger partial charge in [-0.25, -0.2) is 12.8 Å². The van der Waals surface area contributed by atoms with Crippen molar-refractivity contribution in [1.29, 1.82) is 0 Å². The topological polar surface area (TPSA) is 68.6 Å². The molecule has 24 heavy (non-hydrogen) atoms. The maximum Gasteiger partial charge on any atom is 0.250 e. The van der Waals surface area contributed by atoms with E-state index in [4.69, 9.17) is 4.74 Å². The Morgan fingerprint density at radius 3 is 2.38 bits per heavy atom. The molecule has 3 rings (SSSR count). The molecule has 1 aliphatic heterocycles. The first-order valence-electron chi connectivity index (χ1n) is 7.50. The molecule has 1 saturated heterocycles. The van der Waals surface area contributed by atoms with Gasteiger partial charge in [0.1, 0.15) is 5.82 Å². The number of hydrogen-bond donors (Lipinski definition) is 0. The van der Waals surface area contributed by atoms with Gasteiger partial charge in [0.05, 0.1) is 24.7 Å². The van der Waals surface area contributed by atoms with Gasteiger partial charge in [-0.05, 0) is 23.8 Å². The first-order valence-corrected chi connectivity index (χ1v) is 8.94. The highest BCUT2D eigenvalue weighted by Gasteiger charge is 2.26. The first-order chi connectivity index (χ1) is 11.5. The number of morpholine rings is 1. The van der Waals surface area contributed by atoms with Crippen LogP contribution in [0, 0.1) is 5.82 Å². The van der Waals surface area contributed by atoms with E-state index in [2.05, 4.69) is 0 Å². The molecule has 0 N–H and O–H groups in total. The minimum absolute atomic E-state index is 0.0612. The molecule has 0 unspecified atom stereocenters. The minimum atomic E-state index is -3.67. The monoisotopic (exact) mass is 352 g/mol. The van der Waals surface area contributed by atoms with Gasteiger partial charge in [-0.15, -0.1) is 0 Å². The second kappa shape index (κ2) is 6.84. The standard InChI is InChI=1S/C16H17FN2O4S/c17-14-3-1-13(2-4-14)11-18-12-15(5-6-16(18)20)24(21,22)19-7-9-23-10-8-19/h1-6,12H,7-11H2. The van der Waals surface area contributed by atoms with E-state index >= 15 is 0 Å². The van der Waals surface area contributed by atoms with E-state index in [1.54, 1.807) is 12.1 Å². The highest BCUT2D eigenvalue weighted by Crippen LogP contribution is 2.16. The van der Waals surface area contributed by atoms with Crippen LogP contribution in [-0.4, -0.2) is 43.6 Å². The molecular weight excluding hydrogens is 335 g/mol. The molecular formula is C16H17FN2O4S. The van der Waals surface area contributed by atoms with Crippen LogP contribution < -0.4 is 5.56 Å². The second-order valence-electron chi connectivity index (χ2n) is 5.47. The van der Waals surface area contributed by atoms with Crippen LogP contribution in [0.4, 0.5) is 4.39 Å². The van der Waals surface area contributed by atoms with Gasteiger partial charge in [-0.2, -0.15) is 4.31 Å². The highest BCUT2D eigenvalue weighted by molar-refractivity contribution is 7.89. The third-order valence-electron chi connectivity index (χ3n) is 3.83. The third kappa shape index (κ3) is 3.55. The van der Waals surface area contributed by atoms with Gasteiger partial charge in [0.2, 0.25) is 10.0 Å². The molecule has 2 heterocycles. The van der Waals surface area contributed by atoms with Crippen LogP contribution in [0.25, 0.3) is 0 Å². The maximum absolute atomic E-state index is 13.0. The van der Waals surface area contributed by atoms with Gasteiger partial charge in [0.25, 0.3) is 5.56 Å². The summed E-state index contributed by atoms with van der Waals surface area (Å²) in [5, 5.41) is 0. The molecule has 0 spiro atoms. The summed E-state index contributed by atoms with van der Waals surface area (Å²) < 4.78 is 46.1. The Kier molecular flexibility index (Phi) is 4.79. The Labute approximate surface area is 139 Å². The van der Waals surface area contributed by atoms with Gasteiger partial charge < -0.3 is 9.30 Å². The summed E-state index contributed by atoms with van der Waals surface area (Å²) in [5.41, 5.74) is 0.389. The Morgan fingerprint density at radius 2 is 1.71 bits per heavy atom. The van der Waals surface area contributed by atoms with Crippen LogP contribution in [-0.2, 0) is 21.3 Å². The number of pyridine rings is 1. The Hall–Kier alpha value is -2.03. The van der Waals surface area contributed by atoms with E-state index in [-0.39, 0.29) is 22.8 Å². The summed E-state index contributed by atoms with van der Waals surface area (Å²) in [7, 11) is -3.67. The predicted octanol–water partition coefficient (Wildman–Crippen LogP) is 1.06. The van der Waals surface area contributed by atoms with E-state index in [0.29, 0.717) is 31.9 Å². The van der Waals surface area contributed by atoms with Crippen molar-refractivity contribution >= 4 is 10.0 Å². The summed E-state index contributed by atoms with van der Waals surface area (Å²) >= 11 is 0. The van der Waals surface area contributed by atoms with Crippen molar-refractivity contribution in [1.82, 2.24) is 8.87 Å². The summed E-state index contributed by atoms with van der Waals surface area (Å²) in [6, 6.07) is 8.27. The SMILES string of the molecule is O=c1ccc(S(=O)(=O)N2CCOCC2)cn1Cc1ccc(F)cc1. The number of halogens is 1. The molecule has 6 nitrogen and oxygen atoms in total. The van der Waals surface area contributed by atoms with E-state index in [0.717, 1.165) is 0 Å². The summed E-state index contributed by atoms with van der Waals surface area (Å²) in [4.78, 5) is 12.1. The van der Waals surface area contributed by atoms with Gasteiger partial charge >= 0.3 is 0 Å². The lowest BCUT2D eigenvalue weighted by atomic mass is 10.2. The lowest BCUT2D eigenvalue weighted by Gasteiger charge is -2.26. The fourth-order valence-corrected chi connectivity index (χ4v) is 3.94. The average molecular weight is 352 g/mol. The van der Waals surface area contributed by atoms with Crippen LogP contribution in [0.5, 0.6) is 0 Å². The minimum Gasteiger partial charge on any atom is -0.379 e. The quantitative estimate of drug-likeness (QED) is 0.825. The van der Waals surface area contributed by atoms with Crippen LogP contribution >= 0.6 is 0 Å². The van der Waals surface area contributed by atoms with E-state index < -0.39 is 10.0 Å². The molecule has 1 fully saturated rings. The largest absolute Gasteiger partial charge is 0.379 e. The predicted molar refractivity (Wildman–Crippen MR) is 85.8 cm³/mol. The molecule has 1 aliphatic rings. The van der Waals surface area contributed by atoms with Crippen LogP contribution in [0.1, 0.15) is 5.56 Å². The summed E-state index contributed by atoms with van der Waals surface area (Å²) in [6.07, 6.45) is 1.33. The normalized spacial score (nSPS) is 16.2. The number of benzene rings is 1. The van der Waals surface area contributed by atoms with E-state index in [9.17, 15) is 17.6 Å². The molecule has 0 amide bonds. The zero-order chi connectivity index (χ0) is 17.2. The van der Waals surface area contributed by atoms with Gasteiger partial charge in [0, 0.05) is 25.4 Å². The molecule has 0 bridgehead atoms. The Balaban J connectivity index is 1.90. The number of hydrogen-bond acceptors (Lipinski definition) is 4. The summed E-state index contributed by atoms with van der Waals surface area (Å²) in [6.45, 7) is 1.47. The van der Waals surface area contributed by atoms with Crippen LogP contribution in [0.3, 0.4) is 0 Å². The molecule has 1 aromatic heterocycles. The van der Waals surface area contributed by atoms with Crippen LogP contribution in [0.15, 0.2) is 52.3 Å². The van der Waals surface area contributed by atoms with E-state index in [1.807, 2.05) is 0 Å². The van der Waals surface area contributed by atoms with Crippen molar-refractivity contribution in [3.05, 3.63) is 64.3 Å². The number of ether oxygens (including phenoxy) is 1. The van der Waals surface area contributed by atoms with Crippen LogP contribution in [0.2, 0.25) is 0 Å². The third-order valence-corrected chi connectivity index (χ3v) is 5.71. The number of aromatic nitrogens is 1. The Morgan fingerprint density at radius 1 is 1.04 bits per heavy atom. The second-order valence-corrected chi connectivity index (χ2v) is 7.41. The molecule has 128 valence electrons. The fourth-order valence-electron chi connectivity index (χ4n) is 2.51. The smallest absolute Gasteiger partial charge is 0.250 e. The van der Waals surface area contributed by atoms with Crippen molar-refractivity contribution in [2.45, 2.75) is 11.4 Å². The fraction of sp³-hybridized carbons (Fsp3) is 0.312. The first kappa shape index (κ1) is 16.8. The molecule has 0 atom stereocenters. The molecule has 0 saturated carbocycles. The molecule has 1 aromatic carbocycles. The molecule has 8 heteroatoms. The van der Waals surface area contributed by atoms with Crippen molar-refractivity contribution in [2.24, 2.45) is 0 Å². The lowest BCUT2D eigenvalue weighted by Crippen LogP contribution is -2.41. The highest BCUT2D eigenvalue weighted by atomic mass is 32.2. The number of nitrogens with zero attached hydrogens (tertiary/aromatic N) is 2. The maximum atomic E-state index is 13.0. The number of sulfonamides is 1.